The van der Waals surface area contributed by atoms with Crippen molar-refractivity contribution in [2.45, 2.75) is 33.7 Å². The minimum absolute atomic E-state index is 0. The number of rotatable bonds is 4. The first-order valence-corrected chi connectivity index (χ1v) is 7.18. The van der Waals surface area contributed by atoms with Crippen molar-refractivity contribution in [1.82, 2.24) is 0 Å². The fourth-order valence-corrected chi connectivity index (χ4v) is 3.34. The second-order valence-electron chi connectivity index (χ2n) is 4.62. The average molecular weight is 389 g/mol. The van der Waals surface area contributed by atoms with Crippen LogP contribution >= 0.6 is 11.3 Å². The van der Waals surface area contributed by atoms with Crippen molar-refractivity contribution in [2.75, 3.05) is 6.61 Å². The van der Waals surface area contributed by atoms with Crippen LogP contribution in [0.3, 0.4) is 0 Å². The number of hydrogen-bond acceptors (Lipinski definition) is 2. The van der Waals surface area contributed by atoms with Crippen LogP contribution in [0.2, 0.25) is 0 Å². The molecule has 0 aliphatic carbocycles. The number of nitrogens with zero attached hydrogens (tertiary/aromatic N) is 1. The molecule has 2 nitrogen and oxygen atoms in total. The summed E-state index contributed by atoms with van der Waals surface area (Å²) in [6, 6.07) is 6.60. The van der Waals surface area contributed by atoms with Crippen molar-refractivity contribution in [2.24, 2.45) is 0 Å². The molecule has 19 heavy (non-hydrogen) atoms. The highest BCUT2D eigenvalue weighted by molar-refractivity contribution is 7.18. The summed E-state index contributed by atoms with van der Waals surface area (Å²) in [6.45, 7) is 7.57. The van der Waals surface area contributed by atoms with Gasteiger partial charge in [-0.05, 0) is 38.8 Å². The lowest BCUT2D eigenvalue weighted by Gasteiger charge is -1.96. The van der Waals surface area contributed by atoms with Gasteiger partial charge in [0.2, 0.25) is 5.52 Å². The van der Waals surface area contributed by atoms with Gasteiger partial charge in [-0.2, -0.15) is 4.57 Å². The molecule has 4 heteroatoms. The van der Waals surface area contributed by atoms with E-state index in [1.54, 1.807) is 0 Å². The highest BCUT2D eigenvalue weighted by Crippen LogP contribution is 2.23. The van der Waals surface area contributed by atoms with Crippen molar-refractivity contribution in [3.05, 3.63) is 34.3 Å². The zero-order chi connectivity index (χ0) is 13.1. The van der Waals surface area contributed by atoms with E-state index in [4.69, 9.17) is 5.11 Å². The monoisotopic (exact) mass is 389 g/mol. The maximum atomic E-state index is 8.97. The molecule has 0 saturated heterocycles. The molecule has 0 bridgehead atoms. The number of aliphatic hydroxyl groups is 1. The lowest BCUT2D eigenvalue weighted by atomic mass is 10.2. The Morgan fingerprint density at radius 1 is 1.42 bits per heavy atom. The van der Waals surface area contributed by atoms with Gasteiger partial charge in [0, 0.05) is 18.7 Å². The van der Waals surface area contributed by atoms with Crippen molar-refractivity contribution in [3.63, 3.8) is 0 Å². The predicted molar refractivity (Wildman–Crippen MR) is 77.8 cm³/mol. The Morgan fingerprint density at radius 3 is 2.79 bits per heavy atom. The summed E-state index contributed by atoms with van der Waals surface area (Å²) in [7, 11) is 0. The number of aliphatic hydroxyl groups excluding tert-OH is 1. The third-order valence-corrected chi connectivity index (χ3v) is 4.19. The number of benzene rings is 1. The Balaban J connectivity index is 0.00000180. The van der Waals surface area contributed by atoms with Gasteiger partial charge in [-0.25, -0.2) is 0 Å². The summed E-state index contributed by atoms with van der Waals surface area (Å²) in [5.41, 5.74) is 3.83. The van der Waals surface area contributed by atoms with Gasteiger partial charge >= 0.3 is 0 Å². The van der Waals surface area contributed by atoms with Gasteiger partial charge in [0.1, 0.15) is 11.2 Å². The lowest BCUT2D eigenvalue weighted by molar-refractivity contribution is -0.665. The van der Waals surface area contributed by atoms with E-state index in [1.165, 1.54) is 26.4 Å². The molecule has 2 aromatic rings. The predicted octanol–water partition coefficient (Wildman–Crippen LogP) is 0.307. The van der Waals surface area contributed by atoms with E-state index in [0.29, 0.717) is 0 Å². The second kappa shape index (κ2) is 7.36. The van der Waals surface area contributed by atoms with Crippen LogP contribution in [-0.4, -0.2) is 11.7 Å². The van der Waals surface area contributed by atoms with Crippen molar-refractivity contribution < 1.29 is 33.7 Å². The SMILES string of the molecule is CC[n+]1c(C=C(C)CCO)sc2ccc(C)cc21.[I-]. The molecular formula is C15H20INOS. The summed E-state index contributed by atoms with van der Waals surface area (Å²) in [5, 5.41) is 10.2. The van der Waals surface area contributed by atoms with Gasteiger partial charge in [-0.15, -0.1) is 0 Å². The summed E-state index contributed by atoms with van der Waals surface area (Å²) < 4.78 is 3.67. The zero-order valence-electron chi connectivity index (χ0n) is 11.6. The minimum atomic E-state index is 0. The van der Waals surface area contributed by atoms with Crippen LogP contribution in [-0.2, 0) is 6.54 Å². The Morgan fingerprint density at radius 2 is 2.16 bits per heavy atom. The van der Waals surface area contributed by atoms with Gasteiger partial charge in [0.05, 0.1) is 0 Å². The van der Waals surface area contributed by atoms with Crippen LogP contribution in [0.5, 0.6) is 0 Å². The molecule has 1 N–H and O–H groups in total. The van der Waals surface area contributed by atoms with Gasteiger partial charge in [0.15, 0.2) is 0 Å². The first kappa shape index (κ1) is 16.6. The summed E-state index contributed by atoms with van der Waals surface area (Å²) in [4.78, 5) is 0. The van der Waals surface area contributed by atoms with Crippen LogP contribution in [0, 0.1) is 6.92 Å². The molecule has 0 aliphatic heterocycles. The zero-order valence-corrected chi connectivity index (χ0v) is 14.6. The second-order valence-corrected chi connectivity index (χ2v) is 5.68. The van der Waals surface area contributed by atoms with Crippen molar-refractivity contribution in [3.8, 4) is 0 Å². The number of fused-ring (bicyclic) bond motifs is 1. The molecule has 0 unspecified atom stereocenters. The molecule has 0 atom stereocenters. The molecule has 0 amide bonds. The van der Waals surface area contributed by atoms with E-state index in [9.17, 15) is 0 Å². The van der Waals surface area contributed by atoms with Gasteiger partial charge in [-0.1, -0.05) is 23.0 Å². The average Bonchev–Trinajstić information content (AvgIpc) is 2.65. The van der Waals surface area contributed by atoms with Crippen LogP contribution < -0.4 is 28.5 Å². The third-order valence-electron chi connectivity index (χ3n) is 3.08. The van der Waals surface area contributed by atoms with E-state index in [-0.39, 0.29) is 30.6 Å². The molecule has 0 spiro atoms. The number of halogens is 1. The quantitative estimate of drug-likeness (QED) is 0.591. The Bertz CT molecular complexity index is 589. The van der Waals surface area contributed by atoms with Crippen LogP contribution in [0.15, 0.2) is 23.8 Å². The lowest BCUT2D eigenvalue weighted by Crippen LogP contribution is -3.00. The number of thiazole rings is 1. The topological polar surface area (TPSA) is 24.1 Å². The van der Waals surface area contributed by atoms with Crippen LogP contribution in [0.1, 0.15) is 30.8 Å². The van der Waals surface area contributed by atoms with Gasteiger partial charge in [-0.3, -0.25) is 0 Å². The van der Waals surface area contributed by atoms with Crippen molar-refractivity contribution >= 4 is 27.6 Å². The fraction of sp³-hybridized carbons (Fsp3) is 0.400. The normalized spacial score (nSPS) is 11.7. The first-order valence-electron chi connectivity index (χ1n) is 6.36. The Labute approximate surface area is 135 Å². The third kappa shape index (κ3) is 3.77. The molecule has 1 heterocycles. The number of aromatic nitrogens is 1. The van der Waals surface area contributed by atoms with Gasteiger partial charge in [0.25, 0.3) is 5.01 Å². The molecule has 1 aromatic carbocycles. The van der Waals surface area contributed by atoms with Crippen molar-refractivity contribution in [1.29, 1.82) is 0 Å². The molecule has 2 rings (SSSR count). The Hall–Kier alpha value is -0.460. The van der Waals surface area contributed by atoms with E-state index < -0.39 is 0 Å². The van der Waals surface area contributed by atoms with Crippen LogP contribution in [0.25, 0.3) is 16.3 Å². The fourth-order valence-electron chi connectivity index (χ4n) is 2.10. The maximum absolute atomic E-state index is 8.97. The smallest absolute Gasteiger partial charge is 0.262 e. The van der Waals surface area contributed by atoms with E-state index in [2.05, 4.69) is 49.6 Å². The van der Waals surface area contributed by atoms with E-state index in [0.717, 1.165) is 13.0 Å². The number of hydrogen-bond donors (Lipinski definition) is 1. The molecule has 0 fully saturated rings. The van der Waals surface area contributed by atoms with E-state index in [1.807, 2.05) is 11.3 Å². The highest BCUT2D eigenvalue weighted by Gasteiger charge is 2.17. The minimum Gasteiger partial charge on any atom is -1.00 e. The molecule has 0 saturated carbocycles. The summed E-state index contributed by atoms with van der Waals surface area (Å²) >= 11 is 1.82. The van der Waals surface area contributed by atoms with Gasteiger partial charge < -0.3 is 29.1 Å². The Kier molecular flexibility index (Phi) is 6.42. The first-order chi connectivity index (χ1) is 8.65. The largest absolute Gasteiger partial charge is 1.00 e. The van der Waals surface area contributed by atoms with E-state index >= 15 is 0 Å². The molecule has 0 radical (unpaired) electrons. The molecule has 1 aromatic heterocycles. The molecule has 0 aliphatic rings. The number of aryl methyl sites for hydroxylation is 2. The summed E-state index contributed by atoms with van der Waals surface area (Å²) in [5.74, 6) is 0. The molecule has 104 valence electrons. The molecular weight excluding hydrogens is 369 g/mol. The van der Waals surface area contributed by atoms with Crippen LogP contribution in [0.4, 0.5) is 0 Å². The maximum Gasteiger partial charge on any atom is 0.262 e. The highest BCUT2D eigenvalue weighted by atomic mass is 127. The standard InChI is InChI=1S/C15H20NOS.HI/c1-4-16-13-9-11(2)5-6-14(13)18-15(16)10-12(3)7-8-17;/h5-6,9-10,17H,4,7-8H2,1-3H3;1H/q+1;/p-1. The summed E-state index contributed by atoms with van der Waals surface area (Å²) in [6.07, 6.45) is 2.94.